The van der Waals surface area contributed by atoms with E-state index in [1.807, 2.05) is 0 Å². The predicted molar refractivity (Wildman–Crippen MR) is 86.7 cm³/mol. The van der Waals surface area contributed by atoms with Crippen LogP contribution in [0.25, 0.3) is 0 Å². The van der Waals surface area contributed by atoms with Gasteiger partial charge >= 0.3 is 0 Å². The van der Waals surface area contributed by atoms with Gasteiger partial charge in [-0.15, -0.1) is 0 Å². The lowest BCUT2D eigenvalue weighted by atomic mass is 10.3. The van der Waals surface area contributed by atoms with E-state index in [0.29, 0.717) is 4.47 Å². The van der Waals surface area contributed by atoms with Crippen LogP contribution >= 0.6 is 27.7 Å². The van der Waals surface area contributed by atoms with Crippen LogP contribution < -0.4 is 16.8 Å². The van der Waals surface area contributed by atoms with Gasteiger partial charge in [-0.3, -0.25) is 4.79 Å². The summed E-state index contributed by atoms with van der Waals surface area (Å²) in [5.41, 5.74) is 11.0. The van der Waals surface area contributed by atoms with Crippen LogP contribution in [0.2, 0.25) is 0 Å². The highest BCUT2D eigenvalue weighted by atomic mass is 79.9. The van der Waals surface area contributed by atoms with Crippen molar-refractivity contribution in [2.24, 2.45) is 0 Å². The highest BCUT2D eigenvalue weighted by Gasteiger charge is 2.18. The summed E-state index contributed by atoms with van der Waals surface area (Å²) in [5, 5.41) is 2.14. The first-order valence-corrected chi connectivity index (χ1v) is 7.72. The summed E-state index contributed by atoms with van der Waals surface area (Å²) in [4.78, 5) is 23.5. The summed E-state index contributed by atoms with van der Waals surface area (Å²) >= 11 is 4.19. The summed E-state index contributed by atoms with van der Waals surface area (Å²) in [7, 11) is 0. The summed E-state index contributed by atoms with van der Waals surface area (Å²) in [6.45, 7) is 1.63. The smallest absolute Gasteiger partial charge is 0.237 e. The number of nitrogens with one attached hydrogen (secondary N) is 1. The second-order valence-corrected chi connectivity index (χ2v) is 6.43. The average Bonchev–Trinajstić information content (AvgIpc) is 2.40. The lowest BCUT2D eigenvalue weighted by molar-refractivity contribution is -0.115. The van der Waals surface area contributed by atoms with Crippen molar-refractivity contribution < 1.29 is 9.18 Å². The van der Waals surface area contributed by atoms with E-state index in [4.69, 9.17) is 11.5 Å². The number of halogens is 2. The van der Waals surface area contributed by atoms with E-state index in [9.17, 15) is 9.18 Å². The molecule has 2 rings (SSSR count). The summed E-state index contributed by atoms with van der Waals surface area (Å²) in [5.74, 6) is -0.986. The maximum atomic E-state index is 13.7. The predicted octanol–water partition coefficient (Wildman–Crippen LogP) is 2.06. The Balaban J connectivity index is 2.05. The molecular weight excluding hydrogens is 375 g/mol. The standard InChI is InChI=1S/C12H12BrFN6OS/c1-5(22-12-19-10(15)18-11(16)20-12)9(21)17-8-3-2-6(13)4-7(8)14/h2-5H,1H3,(H,17,21)(H4,15,16,18,19,20)/t5-/m1/s1. The van der Waals surface area contributed by atoms with E-state index in [0.717, 1.165) is 11.8 Å². The molecule has 0 saturated carbocycles. The zero-order valence-corrected chi connectivity index (χ0v) is 13.8. The SMILES string of the molecule is C[C@@H](Sc1nc(N)nc(N)n1)C(=O)Nc1ccc(Br)cc1F. The lowest BCUT2D eigenvalue weighted by Crippen LogP contribution is -2.23. The molecule has 0 spiro atoms. The minimum Gasteiger partial charge on any atom is -0.368 e. The maximum absolute atomic E-state index is 13.7. The quantitative estimate of drug-likeness (QED) is 0.687. The van der Waals surface area contributed by atoms with Gasteiger partial charge in [-0.25, -0.2) is 4.39 Å². The summed E-state index contributed by atoms with van der Waals surface area (Å²) in [6, 6.07) is 4.36. The van der Waals surface area contributed by atoms with Crippen molar-refractivity contribution in [3.63, 3.8) is 0 Å². The van der Waals surface area contributed by atoms with E-state index >= 15 is 0 Å². The highest BCUT2D eigenvalue weighted by molar-refractivity contribution is 9.10. The largest absolute Gasteiger partial charge is 0.368 e. The third kappa shape index (κ3) is 4.28. The Morgan fingerprint density at radius 1 is 1.32 bits per heavy atom. The number of rotatable bonds is 4. The van der Waals surface area contributed by atoms with Crippen LogP contribution in [0.1, 0.15) is 6.92 Å². The molecule has 0 aliphatic rings. The van der Waals surface area contributed by atoms with Crippen molar-refractivity contribution in [2.45, 2.75) is 17.3 Å². The van der Waals surface area contributed by atoms with Crippen molar-refractivity contribution in [3.8, 4) is 0 Å². The topological polar surface area (TPSA) is 120 Å². The number of anilines is 3. The van der Waals surface area contributed by atoms with Crippen LogP contribution in [0.4, 0.5) is 22.0 Å². The second kappa shape index (κ2) is 6.88. The molecule has 0 aliphatic carbocycles. The molecule has 0 fully saturated rings. The number of aromatic nitrogens is 3. The van der Waals surface area contributed by atoms with Crippen LogP contribution in [0.15, 0.2) is 27.8 Å². The molecule has 22 heavy (non-hydrogen) atoms. The third-order valence-corrected chi connectivity index (χ3v) is 3.94. The van der Waals surface area contributed by atoms with Gasteiger partial charge in [-0.1, -0.05) is 27.7 Å². The molecule has 1 amide bonds. The average molecular weight is 387 g/mol. The van der Waals surface area contributed by atoms with Crippen LogP contribution in [-0.4, -0.2) is 26.1 Å². The molecule has 0 radical (unpaired) electrons. The Morgan fingerprint density at radius 2 is 1.95 bits per heavy atom. The molecule has 1 atom stereocenters. The van der Waals surface area contributed by atoms with Gasteiger partial charge in [0.05, 0.1) is 10.9 Å². The number of thioether (sulfide) groups is 1. The fourth-order valence-electron chi connectivity index (χ4n) is 1.48. The van der Waals surface area contributed by atoms with Gasteiger partial charge < -0.3 is 16.8 Å². The molecule has 10 heteroatoms. The van der Waals surface area contributed by atoms with Gasteiger partial charge in [-0.2, -0.15) is 15.0 Å². The molecule has 2 aromatic rings. The van der Waals surface area contributed by atoms with Gasteiger partial charge in [0.2, 0.25) is 17.8 Å². The van der Waals surface area contributed by atoms with Gasteiger partial charge in [-0.05, 0) is 25.1 Å². The molecule has 7 nitrogen and oxygen atoms in total. The lowest BCUT2D eigenvalue weighted by Gasteiger charge is -2.12. The Kier molecular flexibility index (Phi) is 5.14. The van der Waals surface area contributed by atoms with Crippen LogP contribution in [0.5, 0.6) is 0 Å². The number of hydrogen-bond donors (Lipinski definition) is 3. The van der Waals surface area contributed by atoms with Gasteiger partial charge in [0.25, 0.3) is 0 Å². The number of hydrogen-bond acceptors (Lipinski definition) is 7. The van der Waals surface area contributed by atoms with Crippen molar-refractivity contribution >= 4 is 51.2 Å². The molecule has 1 aromatic heterocycles. The van der Waals surface area contributed by atoms with E-state index in [1.54, 1.807) is 13.0 Å². The second-order valence-electron chi connectivity index (χ2n) is 4.21. The van der Waals surface area contributed by atoms with E-state index in [-0.39, 0.29) is 22.7 Å². The number of nitrogens with zero attached hydrogens (tertiary/aromatic N) is 3. The van der Waals surface area contributed by atoms with Crippen LogP contribution in [-0.2, 0) is 4.79 Å². The van der Waals surface area contributed by atoms with Crippen molar-refractivity contribution in [2.75, 3.05) is 16.8 Å². The monoisotopic (exact) mass is 386 g/mol. The number of nitrogen functional groups attached to an aromatic ring is 2. The number of nitrogens with two attached hydrogens (primary N) is 2. The molecular formula is C12H12BrFN6OS. The summed E-state index contributed by atoms with van der Waals surface area (Å²) < 4.78 is 14.3. The minimum absolute atomic E-state index is 0.0263. The van der Waals surface area contributed by atoms with Crippen LogP contribution in [0, 0.1) is 5.82 Å². The first kappa shape index (κ1) is 16.4. The molecule has 5 N–H and O–H groups in total. The zero-order valence-electron chi connectivity index (χ0n) is 11.4. The number of amides is 1. The van der Waals surface area contributed by atoms with E-state index in [1.165, 1.54) is 12.1 Å². The Morgan fingerprint density at radius 3 is 2.55 bits per heavy atom. The molecule has 0 unspecified atom stereocenters. The summed E-state index contributed by atoms with van der Waals surface area (Å²) in [6.07, 6.45) is 0. The van der Waals surface area contributed by atoms with Crippen molar-refractivity contribution in [3.05, 3.63) is 28.5 Å². The molecule has 0 bridgehead atoms. The Hall–Kier alpha value is -1.94. The first-order valence-electron chi connectivity index (χ1n) is 6.04. The van der Waals surface area contributed by atoms with Gasteiger partial charge in [0, 0.05) is 4.47 Å². The third-order valence-electron chi connectivity index (χ3n) is 2.49. The highest BCUT2D eigenvalue weighted by Crippen LogP contribution is 2.23. The molecule has 1 heterocycles. The molecule has 0 aliphatic heterocycles. The Labute approximate surface area is 138 Å². The number of carbonyl (C=O) groups excluding carboxylic acids is 1. The molecule has 0 saturated heterocycles. The minimum atomic E-state index is -0.579. The molecule has 1 aromatic carbocycles. The zero-order chi connectivity index (χ0) is 16.3. The number of carbonyl (C=O) groups is 1. The first-order chi connectivity index (χ1) is 10.3. The van der Waals surface area contributed by atoms with E-state index < -0.39 is 17.0 Å². The van der Waals surface area contributed by atoms with Crippen molar-refractivity contribution in [1.82, 2.24) is 15.0 Å². The fourth-order valence-corrected chi connectivity index (χ4v) is 2.59. The number of benzene rings is 1. The normalized spacial score (nSPS) is 12.0. The molecule has 116 valence electrons. The fraction of sp³-hybridized carbons (Fsp3) is 0.167. The van der Waals surface area contributed by atoms with E-state index in [2.05, 4.69) is 36.2 Å². The van der Waals surface area contributed by atoms with Crippen molar-refractivity contribution in [1.29, 1.82) is 0 Å². The van der Waals surface area contributed by atoms with Crippen LogP contribution in [0.3, 0.4) is 0 Å². The van der Waals surface area contributed by atoms with Gasteiger partial charge in [0.15, 0.2) is 5.16 Å². The maximum Gasteiger partial charge on any atom is 0.237 e. The Bertz CT molecular complexity index is 696. The van der Waals surface area contributed by atoms with Gasteiger partial charge in [0.1, 0.15) is 5.82 Å².